The van der Waals surface area contributed by atoms with Gasteiger partial charge in [-0.05, 0) is 11.1 Å². The molecule has 0 aliphatic heterocycles. The van der Waals surface area contributed by atoms with Crippen molar-refractivity contribution in [3.8, 4) is 0 Å². The Balaban J connectivity index is 2.88. The van der Waals surface area contributed by atoms with Gasteiger partial charge in [0.25, 0.3) is 0 Å². The maximum Gasteiger partial charge on any atom is 0.0779 e. The monoisotopic (exact) mass is 332 g/mol. The third kappa shape index (κ3) is 2.47. The van der Waals surface area contributed by atoms with Crippen molar-refractivity contribution in [3.05, 3.63) is 41.5 Å². The van der Waals surface area contributed by atoms with Crippen LogP contribution >= 0.6 is 0 Å². The number of fused-ring (bicyclic) bond motifs is 1. The molecule has 21 heavy (non-hydrogen) atoms. The van der Waals surface area contributed by atoms with Gasteiger partial charge < -0.3 is 0 Å². The molecule has 0 spiro atoms. The van der Waals surface area contributed by atoms with Gasteiger partial charge in [-0.1, -0.05) is 94.5 Å². The van der Waals surface area contributed by atoms with Crippen molar-refractivity contribution in [2.24, 2.45) is 0 Å². The maximum atomic E-state index is 2.78. The van der Waals surface area contributed by atoms with Crippen LogP contribution in [0.15, 0.2) is 30.3 Å². The van der Waals surface area contributed by atoms with E-state index in [1.807, 2.05) is 0 Å². The molecular weight excluding hydrogens is 300 g/mol. The van der Waals surface area contributed by atoms with Crippen LogP contribution in [0, 0.1) is 0 Å². The van der Waals surface area contributed by atoms with Crippen LogP contribution in [0.4, 0.5) is 0 Å². The summed E-state index contributed by atoms with van der Waals surface area (Å²) in [6.45, 7) is 23.0. The molecule has 0 amide bonds. The molecule has 0 saturated heterocycles. The standard InChI is InChI=1S/C18H32Si3/c1-19(2,3)17-14-18(20(4,5)6,21(7,8)9)16-13-11-10-12-15(16)17/h10-14H,1-9H3. The molecule has 0 saturated carbocycles. The molecule has 3 heteroatoms. The van der Waals surface area contributed by atoms with Crippen LogP contribution in [-0.2, 0) is 4.66 Å². The van der Waals surface area contributed by atoms with E-state index in [4.69, 9.17) is 0 Å². The number of hydrogen-bond acceptors (Lipinski definition) is 0. The molecule has 0 N–H and O–H groups in total. The van der Waals surface area contributed by atoms with Crippen molar-refractivity contribution < 1.29 is 0 Å². The highest BCUT2D eigenvalue weighted by Crippen LogP contribution is 2.53. The summed E-state index contributed by atoms with van der Waals surface area (Å²) in [4.78, 5) is 0. The largest absolute Gasteiger partial charge is 0.0795 e. The van der Waals surface area contributed by atoms with Crippen LogP contribution in [0.25, 0.3) is 5.20 Å². The van der Waals surface area contributed by atoms with Gasteiger partial charge in [-0.2, -0.15) is 0 Å². The molecule has 2 rings (SSSR count). The fraction of sp³-hybridized carbons (Fsp3) is 0.556. The molecule has 0 radical (unpaired) electrons. The first-order chi connectivity index (χ1) is 9.32. The van der Waals surface area contributed by atoms with Gasteiger partial charge in [0.2, 0.25) is 0 Å². The number of benzene rings is 1. The first-order valence-electron chi connectivity index (χ1n) is 8.15. The van der Waals surface area contributed by atoms with E-state index >= 15 is 0 Å². The second-order valence-electron chi connectivity index (χ2n) is 9.66. The minimum Gasteiger partial charge on any atom is -0.0795 e. The molecule has 0 fully saturated rings. The highest BCUT2D eigenvalue weighted by molar-refractivity contribution is 7.01. The Hall–Kier alpha value is -0.389. The lowest BCUT2D eigenvalue weighted by molar-refractivity contribution is 0.985. The molecule has 1 aliphatic carbocycles. The normalized spacial score (nSPS) is 18.4. The second kappa shape index (κ2) is 4.80. The summed E-state index contributed by atoms with van der Waals surface area (Å²) >= 11 is 0. The zero-order valence-corrected chi connectivity index (χ0v) is 18.4. The predicted octanol–water partition coefficient (Wildman–Crippen LogP) is 5.95. The van der Waals surface area contributed by atoms with Crippen LogP contribution in [0.1, 0.15) is 11.1 Å². The van der Waals surface area contributed by atoms with Gasteiger partial charge in [0.05, 0.1) is 24.2 Å². The Bertz CT molecular complexity index is 564. The topological polar surface area (TPSA) is 0 Å². The molecule has 0 nitrogen and oxygen atoms in total. The van der Waals surface area contributed by atoms with Crippen LogP contribution in [0.3, 0.4) is 0 Å². The van der Waals surface area contributed by atoms with Crippen molar-refractivity contribution in [3.63, 3.8) is 0 Å². The SMILES string of the molecule is C[Si](C)(C)C1=CC([Si](C)(C)C)([Si](C)(C)C)c2ccccc21. The first kappa shape index (κ1) is 17.0. The highest BCUT2D eigenvalue weighted by Gasteiger charge is 2.56. The smallest absolute Gasteiger partial charge is 0.0779 e. The minimum atomic E-state index is -1.37. The van der Waals surface area contributed by atoms with Gasteiger partial charge >= 0.3 is 0 Å². The van der Waals surface area contributed by atoms with Gasteiger partial charge in [-0.15, -0.1) is 0 Å². The minimum absolute atomic E-state index is 0.381. The second-order valence-corrected chi connectivity index (χ2v) is 25.8. The summed E-state index contributed by atoms with van der Waals surface area (Å²) in [5.41, 5.74) is 3.25. The molecule has 1 aliphatic rings. The van der Waals surface area contributed by atoms with E-state index in [1.165, 1.54) is 0 Å². The van der Waals surface area contributed by atoms with E-state index in [0.29, 0.717) is 4.66 Å². The molecule has 0 bridgehead atoms. The van der Waals surface area contributed by atoms with Crippen LogP contribution in [0.5, 0.6) is 0 Å². The molecule has 1 aromatic rings. The zero-order valence-electron chi connectivity index (χ0n) is 15.4. The van der Waals surface area contributed by atoms with Crippen LogP contribution in [-0.4, -0.2) is 24.2 Å². The third-order valence-corrected chi connectivity index (χ3v) is 17.3. The van der Waals surface area contributed by atoms with E-state index in [2.05, 4.69) is 89.3 Å². The molecule has 116 valence electrons. The van der Waals surface area contributed by atoms with Crippen molar-refractivity contribution in [1.82, 2.24) is 0 Å². The van der Waals surface area contributed by atoms with Gasteiger partial charge in [-0.25, -0.2) is 0 Å². The van der Waals surface area contributed by atoms with E-state index in [9.17, 15) is 0 Å². The van der Waals surface area contributed by atoms with Crippen molar-refractivity contribution >= 4 is 29.4 Å². The maximum absolute atomic E-state index is 2.78. The van der Waals surface area contributed by atoms with Crippen molar-refractivity contribution in [2.75, 3.05) is 0 Å². The van der Waals surface area contributed by atoms with Crippen LogP contribution < -0.4 is 0 Å². The first-order valence-corrected chi connectivity index (χ1v) is 18.7. The summed E-state index contributed by atoms with van der Waals surface area (Å²) in [6, 6.07) is 9.32. The Morgan fingerprint density at radius 1 is 0.714 bits per heavy atom. The summed E-state index contributed by atoms with van der Waals surface area (Å²) in [6.07, 6.45) is 2.78. The lowest BCUT2D eigenvalue weighted by Crippen LogP contribution is -2.62. The fourth-order valence-electron chi connectivity index (χ4n) is 4.42. The highest BCUT2D eigenvalue weighted by atomic mass is 28.4. The van der Waals surface area contributed by atoms with E-state index in [-0.39, 0.29) is 0 Å². The zero-order chi connectivity index (χ0) is 16.3. The van der Waals surface area contributed by atoms with E-state index in [1.54, 1.807) is 16.3 Å². The fourth-order valence-corrected chi connectivity index (χ4v) is 18.6. The molecule has 0 aromatic heterocycles. The molecule has 0 atom stereocenters. The Morgan fingerprint density at radius 3 is 1.62 bits per heavy atom. The number of allylic oxidation sites excluding steroid dienone is 1. The van der Waals surface area contributed by atoms with E-state index < -0.39 is 24.2 Å². The number of rotatable bonds is 3. The summed E-state index contributed by atoms with van der Waals surface area (Å²) in [5.74, 6) is 0. The Kier molecular flexibility index (Phi) is 3.88. The van der Waals surface area contributed by atoms with Crippen LogP contribution in [0.2, 0.25) is 58.9 Å². The van der Waals surface area contributed by atoms with Gasteiger partial charge in [0.1, 0.15) is 0 Å². The molecule has 1 aromatic carbocycles. The van der Waals surface area contributed by atoms with Crippen molar-refractivity contribution in [1.29, 1.82) is 0 Å². The molecule has 0 unspecified atom stereocenters. The van der Waals surface area contributed by atoms with Crippen molar-refractivity contribution in [2.45, 2.75) is 63.6 Å². The lowest BCUT2D eigenvalue weighted by Gasteiger charge is -2.49. The third-order valence-electron chi connectivity index (χ3n) is 5.18. The summed E-state index contributed by atoms with van der Waals surface area (Å²) < 4.78 is 0.381. The average Bonchev–Trinajstić information content (AvgIpc) is 2.63. The Morgan fingerprint density at radius 2 is 1.19 bits per heavy atom. The molecular formula is C18H32Si3. The summed E-state index contributed by atoms with van der Waals surface area (Å²) in [5, 5.41) is 1.71. The number of hydrogen-bond donors (Lipinski definition) is 0. The Labute approximate surface area is 134 Å². The summed E-state index contributed by atoms with van der Waals surface area (Å²) in [7, 11) is -4.06. The van der Waals surface area contributed by atoms with Gasteiger partial charge in [-0.3, -0.25) is 0 Å². The molecule has 0 heterocycles. The average molecular weight is 333 g/mol. The van der Waals surface area contributed by atoms with Gasteiger partial charge in [0, 0.05) is 4.66 Å². The van der Waals surface area contributed by atoms with E-state index in [0.717, 1.165) is 0 Å². The predicted molar refractivity (Wildman–Crippen MR) is 106 cm³/mol. The lowest BCUT2D eigenvalue weighted by atomic mass is 10.1. The van der Waals surface area contributed by atoms with Gasteiger partial charge in [0.15, 0.2) is 0 Å². The quantitative estimate of drug-likeness (QED) is 0.600.